The van der Waals surface area contributed by atoms with Gasteiger partial charge in [0.25, 0.3) is 0 Å². The highest BCUT2D eigenvalue weighted by Crippen LogP contribution is 2.40. The fourth-order valence-electron chi connectivity index (χ4n) is 2.74. The molecule has 1 saturated heterocycles. The van der Waals surface area contributed by atoms with E-state index in [0.29, 0.717) is 0 Å². The maximum atomic E-state index is 5.41. The molecule has 0 aliphatic carbocycles. The highest BCUT2D eigenvalue weighted by Gasteiger charge is 2.41. The largest absolute Gasteiger partial charge is 0.496 e. The predicted molar refractivity (Wildman–Crippen MR) is 73.6 cm³/mol. The summed E-state index contributed by atoms with van der Waals surface area (Å²) < 4.78 is 10.8. The molecule has 17 heavy (non-hydrogen) atoms. The highest BCUT2D eigenvalue weighted by atomic mass is 32.1. The molecule has 0 spiro atoms. The Balaban J connectivity index is 2.58. The van der Waals surface area contributed by atoms with Crippen LogP contribution in [-0.4, -0.2) is 26.1 Å². The topological polar surface area (TPSA) is 18.5 Å². The summed E-state index contributed by atoms with van der Waals surface area (Å²) in [4.78, 5) is 0. The third-order valence-corrected chi connectivity index (χ3v) is 4.46. The normalized spacial score (nSPS) is 17.7. The van der Waals surface area contributed by atoms with Gasteiger partial charge in [0.2, 0.25) is 0 Å². The number of rotatable bonds is 3. The molecule has 1 aromatic carbocycles. The summed E-state index contributed by atoms with van der Waals surface area (Å²) in [5, 5.41) is 0. The summed E-state index contributed by atoms with van der Waals surface area (Å²) in [6, 6.07) is 2.13. The monoisotopic (exact) mass is 252 g/mol. The van der Waals surface area contributed by atoms with Crippen molar-refractivity contribution in [1.82, 2.24) is 0 Å². The summed E-state index contributed by atoms with van der Waals surface area (Å²) in [5.41, 5.74) is 5.33. The quantitative estimate of drug-likeness (QED) is 0.834. The summed E-state index contributed by atoms with van der Waals surface area (Å²) >= 11 is 4.51. The van der Waals surface area contributed by atoms with Crippen LogP contribution in [0, 0.1) is 20.8 Å². The molecular weight excluding hydrogens is 232 g/mol. The zero-order chi connectivity index (χ0) is 12.6. The van der Waals surface area contributed by atoms with Crippen LogP contribution in [0.3, 0.4) is 0 Å². The van der Waals surface area contributed by atoms with Gasteiger partial charge >= 0.3 is 0 Å². The molecule has 2 rings (SSSR count). The number of aryl methyl sites for hydroxylation is 1. The minimum atomic E-state index is 0.105. The van der Waals surface area contributed by atoms with Crippen LogP contribution in [0.15, 0.2) is 6.07 Å². The summed E-state index contributed by atoms with van der Waals surface area (Å²) in [5.74, 6) is 1.80. The van der Waals surface area contributed by atoms with E-state index in [1.54, 1.807) is 7.11 Å². The third kappa shape index (κ3) is 1.85. The van der Waals surface area contributed by atoms with Gasteiger partial charge in [-0.25, -0.2) is 0 Å². The Morgan fingerprint density at radius 2 is 1.94 bits per heavy atom. The molecule has 0 radical (unpaired) electrons. The molecular formula is C14H20O2S. The highest BCUT2D eigenvalue weighted by molar-refractivity contribution is 7.80. The van der Waals surface area contributed by atoms with E-state index in [2.05, 4.69) is 39.5 Å². The lowest BCUT2D eigenvalue weighted by molar-refractivity contribution is -0.0477. The number of methoxy groups -OCH3 is 1. The van der Waals surface area contributed by atoms with Crippen molar-refractivity contribution < 1.29 is 9.47 Å². The van der Waals surface area contributed by atoms with Crippen molar-refractivity contribution >= 4 is 12.6 Å². The van der Waals surface area contributed by atoms with Gasteiger partial charge in [-0.05, 0) is 49.1 Å². The van der Waals surface area contributed by atoms with Crippen LogP contribution >= 0.6 is 12.6 Å². The maximum absolute atomic E-state index is 5.41. The molecule has 2 nitrogen and oxygen atoms in total. The smallest absolute Gasteiger partial charge is 0.122 e. The Hall–Kier alpha value is -0.670. The van der Waals surface area contributed by atoms with Gasteiger partial charge in [-0.2, -0.15) is 12.6 Å². The lowest BCUT2D eigenvalue weighted by Crippen LogP contribution is -2.49. The number of hydrogen-bond acceptors (Lipinski definition) is 3. The fraction of sp³-hybridized carbons (Fsp3) is 0.571. The Bertz CT molecular complexity index is 431. The average Bonchev–Trinajstić information content (AvgIpc) is 2.27. The summed E-state index contributed by atoms with van der Waals surface area (Å²) in [7, 11) is 1.72. The number of ether oxygens (including phenoxy) is 2. The van der Waals surface area contributed by atoms with Crippen LogP contribution in [0.5, 0.6) is 5.75 Å². The van der Waals surface area contributed by atoms with Crippen LogP contribution < -0.4 is 4.74 Å². The molecule has 0 saturated carbocycles. The van der Waals surface area contributed by atoms with E-state index >= 15 is 0 Å². The minimum absolute atomic E-state index is 0.105. The molecule has 1 fully saturated rings. The van der Waals surface area contributed by atoms with Crippen molar-refractivity contribution in [1.29, 1.82) is 0 Å². The standard InChI is InChI=1S/C14H20O2S/c1-9-5-12(15-4)10(2)11(3)13(9)14(8-17)6-16-7-14/h5,17H,6-8H2,1-4H3. The van der Waals surface area contributed by atoms with Crippen LogP contribution in [-0.2, 0) is 10.2 Å². The zero-order valence-electron chi connectivity index (χ0n) is 11.0. The average molecular weight is 252 g/mol. The summed E-state index contributed by atoms with van der Waals surface area (Å²) in [6.07, 6.45) is 0. The van der Waals surface area contributed by atoms with Crippen LogP contribution in [0.2, 0.25) is 0 Å². The fourth-order valence-corrected chi connectivity index (χ4v) is 3.08. The van der Waals surface area contributed by atoms with Crippen molar-refractivity contribution in [2.45, 2.75) is 26.2 Å². The van der Waals surface area contributed by atoms with E-state index < -0.39 is 0 Å². The third-order valence-electron chi connectivity index (χ3n) is 3.86. The zero-order valence-corrected chi connectivity index (χ0v) is 11.9. The molecule has 94 valence electrons. The van der Waals surface area contributed by atoms with Gasteiger partial charge in [0.05, 0.1) is 25.7 Å². The first kappa shape index (κ1) is 12.8. The van der Waals surface area contributed by atoms with Crippen molar-refractivity contribution in [2.75, 3.05) is 26.1 Å². The molecule has 1 aliphatic rings. The van der Waals surface area contributed by atoms with Crippen LogP contribution in [0.1, 0.15) is 22.3 Å². The molecule has 0 bridgehead atoms. The van der Waals surface area contributed by atoms with Gasteiger partial charge in [0.1, 0.15) is 5.75 Å². The first-order valence-electron chi connectivity index (χ1n) is 5.89. The van der Waals surface area contributed by atoms with E-state index in [1.165, 1.54) is 22.3 Å². The predicted octanol–water partition coefficient (Wildman–Crippen LogP) is 2.82. The van der Waals surface area contributed by atoms with Crippen LogP contribution in [0.25, 0.3) is 0 Å². The van der Waals surface area contributed by atoms with Crippen molar-refractivity contribution in [3.63, 3.8) is 0 Å². The second-order valence-electron chi connectivity index (χ2n) is 4.95. The number of benzene rings is 1. The molecule has 3 heteroatoms. The van der Waals surface area contributed by atoms with Crippen molar-refractivity contribution in [2.24, 2.45) is 0 Å². The lowest BCUT2D eigenvalue weighted by Gasteiger charge is -2.43. The van der Waals surface area contributed by atoms with E-state index in [1.807, 2.05) is 0 Å². The molecule has 0 N–H and O–H groups in total. The number of thiol groups is 1. The van der Waals surface area contributed by atoms with E-state index in [4.69, 9.17) is 9.47 Å². The Kier molecular flexibility index (Phi) is 3.41. The molecule has 0 amide bonds. The SMILES string of the molecule is COc1cc(C)c(C2(CS)COC2)c(C)c1C. The van der Waals surface area contributed by atoms with Gasteiger partial charge in [0, 0.05) is 5.75 Å². The maximum Gasteiger partial charge on any atom is 0.122 e. The van der Waals surface area contributed by atoms with Gasteiger partial charge in [-0.1, -0.05) is 0 Å². The molecule has 1 aromatic rings. The first-order valence-corrected chi connectivity index (χ1v) is 6.53. The van der Waals surface area contributed by atoms with E-state index in [0.717, 1.165) is 24.7 Å². The molecule has 0 aromatic heterocycles. The summed E-state index contributed by atoms with van der Waals surface area (Å²) in [6.45, 7) is 7.99. The Morgan fingerprint density at radius 1 is 1.29 bits per heavy atom. The number of hydrogen-bond donors (Lipinski definition) is 1. The Morgan fingerprint density at radius 3 is 2.35 bits per heavy atom. The molecule has 0 unspecified atom stereocenters. The van der Waals surface area contributed by atoms with Gasteiger partial charge in [-0.3, -0.25) is 0 Å². The van der Waals surface area contributed by atoms with Crippen molar-refractivity contribution in [3.8, 4) is 5.75 Å². The minimum Gasteiger partial charge on any atom is -0.496 e. The van der Waals surface area contributed by atoms with Crippen molar-refractivity contribution in [3.05, 3.63) is 28.3 Å². The van der Waals surface area contributed by atoms with E-state index in [9.17, 15) is 0 Å². The second-order valence-corrected chi connectivity index (χ2v) is 5.27. The second kappa shape index (κ2) is 4.54. The molecule has 1 heterocycles. The van der Waals surface area contributed by atoms with Gasteiger partial charge < -0.3 is 9.47 Å². The van der Waals surface area contributed by atoms with Gasteiger partial charge in [0.15, 0.2) is 0 Å². The van der Waals surface area contributed by atoms with E-state index in [-0.39, 0.29) is 5.41 Å². The molecule has 0 atom stereocenters. The molecule has 1 aliphatic heterocycles. The van der Waals surface area contributed by atoms with Gasteiger partial charge in [-0.15, -0.1) is 0 Å². The first-order chi connectivity index (χ1) is 8.05. The lowest BCUT2D eigenvalue weighted by atomic mass is 9.75. The van der Waals surface area contributed by atoms with Crippen LogP contribution in [0.4, 0.5) is 0 Å². The Labute approximate surface area is 109 Å².